The van der Waals surface area contributed by atoms with Crippen LogP contribution in [0.2, 0.25) is 0 Å². The summed E-state index contributed by atoms with van der Waals surface area (Å²) in [7, 11) is 1.67. The van der Waals surface area contributed by atoms with Gasteiger partial charge < -0.3 is 15.2 Å². The van der Waals surface area contributed by atoms with Crippen molar-refractivity contribution in [3.63, 3.8) is 0 Å². The lowest BCUT2D eigenvalue weighted by molar-refractivity contribution is -0.147. The normalized spacial score (nSPS) is 22.2. The number of carboxylic acids is 1. The molecule has 0 saturated heterocycles. The van der Waals surface area contributed by atoms with E-state index in [4.69, 9.17) is 9.84 Å². The highest BCUT2D eigenvalue weighted by atomic mass is 16.5. The zero-order chi connectivity index (χ0) is 14.1. The fraction of sp³-hybridized carbons (Fsp3) is 0.714. The molecular weight excluding hydrogens is 246 g/mol. The number of carboxylic acid groups (broad SMARTS) is 1. The average Bonchev–Trinajstić information content (AvgIpc) is 2.42. The van der Waals surface area contributed by atoms with Crippen LogP contribution in [0.5, 0.6) is 0 Å². The van der Waals surface area contributed by atoms with E-state index in [-0.39, 0.29) is 5.91 Å². The number of unbranched alkanes of at least 4 members (excludes halogenated alkanes) is 2. The van der Waals surface area contributed by atoms with Gasteiger partial charge in [0.15, 0.2) is 0 Å². The van der Waals surface area contributed by atoms with Crippen LogP contribution < -0.4 is 5.32 Å². The van der Waals surface area contributed by atoms with E-state index in [1.165, 1.54) is 0 Å². The first kappa shape index (κ1) is 15.7. The molecule has 1 aliphatic rings. The molecular formula is C14H23NO4. The number of carbonyl (C=O) groups excluding carboxylic acids is 1. The number of allylic oxidation sites excluding steroid dienone is 2. The zero-order valence-corrected chi connectivity index (χ0v) is 11.4. The van der Waals surface area contributed by atoms with Crippen molar-refractivity contribution in [1.29, 1.82) is 0 Å². The Bertz CT molecular complexity index is 327. The van der Waals surface area contributed by atoms with Gasteiger partial charge in [0.05, 0.1) is 11.8 Å². The summed E-state index contributed by atoms with van der Waals surface area (Å²) in [6, 6.07) is 0. The van der Waals surface area contributed by atoms with Gasteiger partial charge in [-0.15, -0.1) is 0 Å². The highest BCUT2D eigenvalue weighted by Gasteiger charge is 2.33. The highest BCUT2D eigenvalue weighted by molar-refractivity contribution is 5.85. The van der Waals surface area contributed by atoms with E-state index in [0.717, 1.165) is 25.9 Å². The third-order valence-corrected chi connectivity index (χ3v) is 3.41. The van der Waals surface area contributed by atoms with Crippen molar-refractivity contribution >= 4 is 11.9 Å². The second-order valence-corrected chi connectivity index (χ2v) is 4.84. The van der Waals surface area contributed by atoms with E-state index in [1.807, 2.05) is 12.2 Å². The number of nitrogens with one attached hydrogen (secondary N) is 1. The molecule has 0 aliphatic heterocycles. The summed E-state index contributed by atoms with van der Waals surface area (Å²) in [6.45, 7) is 1.34. The van der Waals surface area contributed by atoms with Crippen LogP contribution in [-0.2, 0) is 14.3 Å². The Labute approximate surface area is 114 Å². The lowest BCUT2D eigenvalue weighted by atomic mass is 9.82. The summed E-state index contributed by atoms with van der Waals surface area (Å²) in [5.41, 5.74) is 0. The third kappa shape index (κ3) is 5.42. The van der Waals surface area contributed by atoms with Gasteiger partial charge in [0, 0.05) is 20.3 Å². The van der Waals surface area contributed by atoms with Gasteiger partial charge in [-0.05, 0) is 32.1 Å². The summed E-state index contributed by atoms with van der Waals surface area (Å²) < 4.78 is 4.94. The lowest BCUT2D eigenvalue weighted by Crippen LogP contribution is -2.39. The summed E-state index contributed by atoms with van der Waals surface area (Å²) in [5.74, 6) is -2.03. The molecule has 5 heteroatoms. The Morgan fingerprint density at radius 2 is 1.89 bits per heavy atom. The summed E-state index contributed by atoms with van der Waals surface area (Å²) in [4.78, 5) is 23.1. The molecule has 0 radical (unpaired) electrons. The van der Waals surface area contributed by atoms with Crippen molar-refractivity contribution in [3.05, 3.63) is 12.2 Å². The first-order valence-electron chi connectivity index (χ1n) is 6.81. The summed E-state index contributed by atoms with van der Waals surface area (Å²) in [6.07, 6.45) is 7.58. The number of methoxy groups -OCH3 is 1. The molecule has 0 bridgehead atoms. The third-order valence-electron chi connectivity index (χ3n) is 3.41. The Morgan fingerprint density at radius 3 is 2.53 bits per heavy atom. The van der Waals surface area contributed by atoms with Crippen LogP contribution >= 0.6 is 0 Å². The van der Waals surface area contributed by atoms with Gasteiger partial charge in [0.1, 0.15) is 0 Å². The van der Waals surface area contributed by atoms with Crippen LogP contribution in [0, 0.1) is 11.8 Å². The maximum Gasteiger partial charge on any atom is 0.307 e. The van der Waals surface area contributed by atoms with Gasteiger partial charge in [-0.2, -0.15) is 0 Å². The van der Waals surface area contributed by atoms with Crippen LogP contribution in [-0.4, -0.2) is 37.2 Å². The van der Waals surface area contributed by atoms with Crippen molar-refractivity contribution in [3.8, 4) is 0 Å². The molecule has 0 fully saturated rings. The second kappa shape index (κ2) is 8.69. The Kier molecular flexibility index (Phi) is 7.18. The van der Waals surface area contributed by atoms with Crippen molar-refractivity contribution in [2.24, 2.45) is 11.8 Å². The van der Waals surface area contributed by atoms with E-state index in [9.17, 15) is 9.59 Å². The summed E-state index contributed by atoms with van der Waals surface area (Å²) in [5, 5.41) is 11.9. The molecule has 0 aromatic heterocycles. The fourth-order valence-electron chi connectivity index (χ4n) is 2.27. The van der Waals surface area contributed by atoms with Crippen molar-refractivity contribution in [2.75, 3.05) is 20.3 Å². The van der Waals surface area contributed by atoms with Gasteiger partial charge in [0.2, 0.25) is 5.91 Å². The van der Waals surface area contributed by atoms with Gasteiger partial charge in [-0.25, -0.2) is 0 Å². The topological polar surface area (TPSA) is 75.6 Å². The molecule has 2 N–H and O–H groups in total. The van der Waals surface area contributed by atoms with Gasteiger partial charge in [0.25, 0.3) is 0 Å². The number of ether oxygens (including phenoxy) is 1. The number of carbonyl (C=O) groups is 2. The van der Waals surface area contributed by atoms with Crippen LogP contribution in [0.3, 0.4) is 0 Å². The number of hydrogen-bond donors (Lipinski definition) is 2. The quantitative estimate of drug-likeness (QED) is 0.518. The van der Waals surface area contributed by atoms with Crippen LogP contribution in [0.4, 0.5) is 0 Å². The van der Waals surface area contributed by atoms with Gasteiger partial charge in [-0.1, -0.05) is 12.2 Å². The maximum absolute atomic E-state index is 12.0. The Hall–Kier alpha value is -1.36. The molecule has 0 aromatic carbocycles. The maximum atomic E-state index is 12.0. The van der Waals surface area contributed by atoms with Crippen LogP contribution in [0.15, 0.2) is 12.2 Å². The smallest absolute Gasteiger partial charge is 0.307 e. The minimum Gasteiger partial charge on any atom is -0.481 e. The van der Waals surface area contributed by atoms with Crippen molar-refractivity contribution < 1.29 is 19.4 Å². The number of amides is 1. The number of aliphatic carboxylic acids is 1. The molecule has 0 aromatic rings. The lowest BCUT2D eigenvalue weighted by Gasteiger charge is -2.24. The first-order chi connectivity index (χ1) is 9.16. The first-order valence-corrected chi connectivity index (χ1v) is 6.81. The number of hydrogen-bond acceptors (Lipinski definition) is 3. The molecule has 5 nitrogen and oxygen atoms in total. The molecule has 0 heterocycles. The molecule has 19 heavy (non-hydrogen) atoms. The minimum absolute atomic E-state index is 0.136. The van der Waals surface area contributed by atoms with Crippen LogP contribution in [0.1, 0.15) is 32.1 Å². The standard InChI is InChI=1S/C14H23NO4/c1-19-10-6-2-5-9-15-13(16)11-7-3-4-8-12(11)14(17)18/h3-4,11-12H,2,5-10H2,1H3,(H,15,16)(H,17,18)/t11-,12+/m1/s1. The van der Waals surface area contributed by atoms with E-state index >= 15 is 0 Å². The number of rotatable bonds is 8. The molecule has 0 spiro atoms. The van der Waals surface area contributed by atoms with Gasteiger partial charge in [-0.3, -0.25) is 9.59 Å². The molecule has 108 valence electrons. The minimum atomic E-state index is -0.885. The average molecular weight is 269 g/mol. The Balaban J connectivity index is 2.27. The Morgan fingerprint density at radius 1 is 1.21 bits per heavy atom. The second-order valence-electron chi connectivity index (χ2n) is 4.84. The molecule has 0 saturated carbocycles. The largest absolute Gasteiger partial charge is 0.481 e. The van der Waals surface area contributed by atoms with Crippen molar-refractivity contribution in [1.82, 2.24) is 5.32 Å². The SMILES string of the molecule is COCCCCCNC(=O)[C@@H]1CC=CC[C@@H]1C(=O)O. The van der Waals surface area contributed by atoms with E-state index < -0.39 is 17.8 Å². The monoisotopic (exact) mass is 269 g/mol. The van der Waals surface area contributed by atoms with Crippen LogP contribution in [0.25, 0.3) is 0 Å². The van der Waals surface area contributed by atoms with E-state index in [0.29, 0.717) is 19.4 Å². The zero-order valence-electron chi connectivity index (χ0n) is 11.4. The van der Waals surface area contributed by atoms with Crippen molar-refractivity contribution in [2.45, 2.75) is 32.1 Å². The van der Waals surface area contributed by atoms with E-state index in [1.54, 1.807) is 7.11 Å². The fourth-order valence-corrected chi connectivity index (χ4v) is 2.27. The molecule has 0 unspecified atom stereocenters. The predicted molar refractivity (Wildman–Crippen MR) is 71.7 cm³/mol. The molecule has 2 atom stereocenters. The van der Waals surface area contributed by atoms with E-state index in [2.05, 4.69) is 5.32 Å². The molecule has 1 aliphatic carbocycles. The summed E-state index contributed by atoms with van der Waals surface area (Å²) >= 11 is 0. The molecule has 1 rings (SSSR count). The highest BCUT2D eigenvalue weighted by Crippen LogP contribution is 2.25. The molecule has 1 amide bonds. The predicted octanol–water partition coefficient (Wildman–Crippen LogP) is 1.59. The van der Waals surface area contributed by atoms with Gasteiger partial charge >= 0.3 is 5.97 Å².